The van der Waals surface area contributed by atoms with E-state index in [2.05, 4.69) is 34.1 Å². The van der Waals surface area contributed by atoms with Crippen molar-refractivity contribution in [1.29, 1.82) is 0 Å². The first-order valence-electron chi connectivity index (χ1n) is 11.2. The second kappa shape index (κ2) is 8.31. The zero-order valence-electron chi connectivity index (χ0n) is 18.2. The Morgan fingerprint density at radius 3 is 1.53 bits per heavy atom. The van der Waals surface area contributed by atoms with Gasteiger partial charge in [-0.25, -0.2) is 0 Å². The Morgan fingerprint density at radius 2 is 1.19 bits per heavy atom. The molecule has 0 unspecified atom stereocenters. The number of primary amides is 2. The normalized spacial score (nSPS) is 24.8. The van der Waals surface area contributed by atoms with Gasteiger partial charge in [-0.2, -0.15) is 0 Å². The molecule has 7 heteroatoms. The van der Waals surface area contributed by atoms with Crippen LogP contribution in [0.2, 0.25) is 0 Å². The maximum absolute atomic E-state index is 12.3. The summed E-state index contributed by atoms with van der Waals surface area (Å²) in [6.45, 7) is 3.96. The smallest absolute Gasteiger partial charge is 0.235 e. The van der Waals surface area contributed by atoms with Crippen molar-refractivity contribution in [1.82, 2.24) is 9.80 Å². The summed E-state index contributed by atoms with van der Waals surface area (Å²) in [5.74, 6) is -0.589. The lowest BCUT2D eigenvalue weighted by atomic mass is 9.81. The van der Waals surface area contributed by atoms with E-state index in [1.807, 2.05) is 24.3 Å². The fourth-order valence-electron chi connectivity index (χ4n) is 5.53. The van der Waals surface area contributed by atoms with Crippen molar-refractivity contribution in [3.05, 3.63) is 70.8 Å². The van der Waals surface area contributed by atoms with Gasteiger partial charge in [-0.05, 0) is 35.1 Å². The third-order valence-corrected chi connectivity index (χ3v) is 7.24. The minimum Gasteiger partial charge on any atom is -0.380 e. The molecular formula is C25H30N4O3. The molecule has 2 amide bonds. The van der Waals surface area contributed by atoms with E-state index in [1.165, 1.54) is 22.3 Å². The average Bonchev–Trinajstić information content (AvgIpc) is 2.76. The number of fused-ring (bicyclic) bond motifs is 2. The van der Waals surface area contributed by atoms with Gasteiger partial charge in [-0.15, -0.1) is 0 Å². The zero-order chi connectivity index (χ0) is 22.3. The molecule has 0 spiro atoms. The molecule has 2 aromatic carbocycles. The van der Waals surface area contributed by atoms with Gasteiger partial charge in [-0.1, -0.05) is 48.5 Å². The molecule has 0 aliphatic carbocycles. The maximum atomic E-state index is 12.3. The molecule has 3 heterocycles. The highest BCUT2D eigenvalue weighted by atomic mass is 16.5. The number of carbonyl (C=O) groups is 2. The van der Waals surface area contributed by atoms with E-state index in [1.54, 1.807) is 0 Å². The van der Waals surface area contributed by atoms with Crippen molar-refractivity contribution in [3.8, 4) is 0 Å². The number of ether oxygens (including phenoxy) is 1. The minimum atomic E-state index is -0.337. The van der Waals surface area contributed by atoms with Crippen LogP contribution >= 0.6 is 0 Å². The molecule has 0 radical (unpaired) electrons. The highest BCUT2D eigenvalue weighted by Gasteiger charge is 2.46. The van der Waals surface area contributed by atoms with Crippen LogP contribution in [0.15, 0.2) is 48.5 Å². The molecule has 5 rings (SSSR count). The molecule has 1 saturated heterocycles. The van der Waals surface area contributed by atoms with E-state index in [9.17, 15) is 9.59 Å². The van der Waals surface area contributed by atoms with Crippen LogP contribution < -0.4 is 11.5 Å². The Morgan fingerprint density at radius 1 is 0.781 bits per heavy atom. The third kappa shape index (κ3) is 3.92. The number of hydrogen-bond acceptors (Lipinski definition) is 5. The van der Waals surface area contributed by atoms with Gasteiger partial charge in [0.25, 0.3) is 0 Å². The predicted molar refractivity (Wildman–Crippen MR) is 120 cm³/mol. The Hall–Kier alpha value is -2.74. The maximum Gasteiger partial charge on any atom is 0.235 e. The van der Waals surface area contributed by atoms with Crippen LogP contribution in [0.4, 0.5) is 0 Å². The van der Waals surface area contributed by atoms with Crippen molar-refractivity contribution in [3.63, 3.8) is 0 Å². The third-order valence-electron chi connectivity index (χ3n) is 7.24. The topological polar surface area (TPSA) is 102 Å². The number of hydrogen-bond donors (Lipinski definition) is 2. The fourth-order valence-corrected chi connectivity index (χ4v) is 5.53. The molecule has 168 valence electrons. The Kier molecular flexibility index (Phi) is 5.49. The second-order valence-corrected chi connectivity index (χ2v) is 9.58. The lowest BCUT2D eigenvalue weighted by molar-refractivity contribution is -0.155. The van der Waals surface area contributed by atoms with Gasteiger partial charge in [-0.3, -0.25) is 19.4 Å². The summed E-state index contributed by atoms with van der Waals surface area (Å²) < 4.78 is 5.67. The summed E-state index contributed by atoms with van der Waals surface area (Å²) in [5, 5.41) is 0. The number of carbonyl (C=O) groups excluding carboxylic acids is 2. The molecule has 0 bridgehead atoms. The van der Waals surface area contributed by atoms with Gasteiger partial charge in [0.1, 0.15) is 0 Å². The lowest BCUT2D eigenvalue weighted by Crippen LogP contribution is -2.62. The van der Waals surface area contributed by atoms with Gasteiger partial charge in [0.15, 0.2) is 0 Å². The number of amides is 2. The van der Waals surface area contributed by atoms with Crippen LogP contribution in [0, 0.1) is 5.41 Å². The van der Waals surface area contributed by atoms with Crippen LogP contribution in [-0.2, 0) is 40.3 Å². The quantitative estimate of drug-likeness (QED) is 0.701. The molecule has 4 N–H and O–H groups in total. The molecule has 7 nitrogen and oxygen atoms in total. The van der Waals surface area contributed by atoms with Crippen LogP contribution in [0.1, 0.15) is 22.3 Å². The van der Waals surface area contributed by atoms with Crippen molar-refractivity contribution in [2.45, 2.75) is 38.0 Å². The summed E-state index contributed by atoms with van der Waals surface area (Å²) in [5.41, 5.74) is 16.3. The highest BCUT2D eigenvalue weighted by Crippen LogP contribution is 2.36. The van der Waals surface area contributed by atoms with E-state index >= 15 is 0 Å². The summed E-state index contributed by atoms with van der Waals surface area (Å²) >= 11 is 0. The van der Waals surface area contributed by atoms with E-state index in [4.69, 9.17) is 16.2 Å². The van der Waals surface area contributed by atoms with Gasteiger partial charge in [0.05, 0.1) is 25.3 Å². The zero-order valence-corrected chi connectivity index (χ0v) is 18.2. The van der Waals surface area contributed by atoms with Gasteiger partial charge in [0, 0.05) is 31.6 Å². The van der Waals surface area contributed by atoms with Crippen molar-refractivity contribution in [2.75, 3.05) is 26.3 Å². The van der Waals surface area contributed by atoms with Gasteiger partial charge in [0.2, 0.25) is 11.8 Å². The molecule has 3 aliphatic rings. The Labute approximate surface area is 188 Å². The van der Waals surface area contributed by atoms with Crippen LogP contribution in [-0.4, -0.2) is 60.0 Å². The average molecular weight is 435 g/mol. The first-order chi connectivity index (χ1) is 15.4. The fraction of sp³-hybridized carbons (Fsp3) is 0.440. The van der Waals surface area contributed by atoms with Crippen molar-refractivity contribution in [2.24, 2.45) is 16.9 Å². The van der Waals surface area contributed by atoms with Crippen LogP contribution in [0.25, 0.3) is 0 Å². The first kappa shape index (κ1) is 21.1. The molecule has 0 saturated carbocycles. The first-order valence-corrected chi connectivity index (χ1v) is 11.2. The number of nitrogens with two attached hydrogens (primary N) is 2. The molecule has 32 heavy (non-hydrogen) atoms. The molecular weight excluding hydrogens is 404 g/mol. The Bertz CT molecular complexity index is 958. The highest BCUT2D eigenvalue weighted by molar-refractivity contribution is 5.81. The summed E-state index contributed by atoms with van der Waals surface area (Å²) in [4.78, 5) is 29.0. The number of nitrogens with zero attached hydrogens (tertiary/aromatic N) is 2. The molecule has 3 aliphatic heterocycles. The van der Waals surface area contributed by atoms with E-state index < -0.39 is 0 Å². The summed E-state index contributed by atoms with van der Waals surface area (Å²) in [6.07, 6.45) is 1.26. The van der Waals surface area contributed by atoms with Gasteiger partial charge < -0.3 is 16.2 Å². The van der Waals surface area contributed by atoms with E-state index in [-0.39, 0.29) is 29.3 Å². The number of rotatable bonds is 6. The van der Waals surface area contributed by atoms with Crippen molar-refractivity contribution < 1.29 is 14.3 Å². The largest absolute Gasteiger partial charge is 0.380 e. The van der Waals surface area contributed by atoms with E-state index in [0.717, 1.165) is 0 Å². The second-order valence-electron chi connectivity index (χ2n) is 9.58. The van der Waals surface area contributed by atoms with E-state index in [0.29, 0.717) is 52.2 Å². The Balaban J connectivity index is 1.38. The summed E-state index contributed by atoms with van der Waals surface area (Å²) in [6, 6.07) is 15.8. The molecule has 1 fully saturated rings. The summed E-state index contributed by atoms with van der Waals surface area (Å²) in [7, 11) is 0. The SMILES string of the molecule is NC(=O)[C@@H]1Cc2ccccc2CN1CC1(CN2Cc3ccccc3C[C@H]2C(N)=O)COC1. The van der Waals surface area contributed by atoms with Crippen LogP contribution in [0.3, 0.4) is 0 Å². The van der Waals surface area contributed by atoms with Crippen molar-refractivity contribution >= 4 is 11.8 Å². The molecule has 0 aromatic heterocycles. The van der Waals surface area contributed by atoms with Gasteiger partial charge >= 0.3 is 0 Å². The lowest BCUT2D eigenvalue weighted by Gasteiger charge is -2.50. The number of benzene rings is 2. The molecule has 2 aromatic rings. The minimum absolute atomic E-state index is 0.167. The monoisotopic (exact) mass is 434 g/mol. The predicted octanol–water partition coefficient (Wildman–Crippen LogP) is 0.827. The standard InChI is InChI=1S/C25H30N4O3/c26-23(30)21-9-17-5-1-3-7-19(17)11-28(21)13-25(15-32-16-25)14-29-12-20-8-4-2-6-18(20)10-22(29)24(27)31/h1-8,21-22H,9-16H2,(H2,26,30)(H2,27,31)/t21-,22-/m0/s1. The molecule has 2 atom stereocenters. The van der Waals surface area contributed by atoms with Crippen LogP contribution in [0.5, 0.6) is 0 Å².